The lowest BCUT2D eigenvalue weighted by Crippen LogP contribution is -2.45. The van der Waals surface area contributed by atoms with Gasteiger partial charge in [0.05, 0.1) is 5.60 Å². The standard InChI is InChI=1S/C15H29NO/c1-13(2,17)8-9-16-12-10-11-6-7-15(12,5)14(11,3)4/h11-12,16-17H,6-10H2,1-5H3/t11-,12-,15+/m1/s1. The van der Waals surface area contributed by atoms with E-state index in [1.807, 2.05) is 13.8 Å². The molecule has 17 heavy (non-hydrogen) atoms. The fraction of sp³-hybridized carbons (Fsp3) is 1.00. The van der Waals surface area contributed by atoms with Gasteiger partial charge in [-0.3, -0.25) is 0 Å². The summed E-state index contributed by atoms with van der Waals surface area (Å²) in [5.41, 5.74) is 0.401. The minimum absolute atomic E-state index is 0.456. The Morgan fingerprint density at radius 3 is 2.35 bits per heavy atom. The van der Waals surface area contributed by atoms with Crippen LogP contribution in [0.3, 0.4) is 0 Å². The zero-order valence-electron chi connectivity index (χ0n) is 12.1. The summed E-state index contributed by atoms with van der Waals surface area (Å²) in [4.78, 5) is 0. The predicted molar refractivity (Wildman–Crippen MR) is 71.9 cm³/mol. The molecule has 0 radical (unpaired) electrons. The van der Waals surface area contributed by atoms with Gasteiger partial charge in [-0.25, -0.2) is 0 Å². The molecule has 3 atom stereocenters. The average molecular weight is 239 g/mol. The van der Waals surface area contributed by atoms with E-state index in [2.05, 4.69) is 26.1 Å². The van der Waals surface area contributed by atoms with E-state index in [1.54, 1.807) is 0 Å². The highest BCUT2D eigenvalue weighted by molar-refractivity contribution is 5.12. The molecule has 0 unspecified atom stereocenters. The number of nitrogens with one attached hydrogen (secondary N) is 1. The van der Waals surface area contributed by atoms with Crippen LogP contribution in [0.5, 0.6) is 0 Å². The van der Waals surface area contributed by atoms with Gasteiger partial charge in [-0.05, 0) is 62.8 Å². The lowest BCUT2D eigenvalue weighted by Gasteiger charge is -2.40. The van der Waals surface area contributed by atoms with Gasteiger partial charge in [-0.2, -0.15) is 0 Å². The zero-order chi connectivity index (χ0) is 12.9. The van der Waals surface area contributed by atoms with Crippen LogP contribution in [-0.4, -0.2) is 23.3 Å². The Hall–Kier alpha value is -0.0800. The van der Waals surface area contributed by atoms with Gasteiger partial charge in [0.2, 0.25) is 0 Å². The predicted octanol–water partition coefficient (Wildman–Crippen LogP) is 2.95. The van der Waals surface area contributed by atoms with Crippen molar-refractivity contribution in [3.8, 4) is 0 Å². The Kier molecular flexibility index (Phi) is 3.11. The topological polar surface area (TPSA) is 32.3 Å². The molecule has 0 saturated heterocycles. The first-order chi connectivity index (χ1) is 7.67. The third kappa shape index (κ3) is 2.15. The summed E-state index contributed by atoms with van der Waals surface area (Å²) in [6.07, 6.45) is 4.94. The Bertz CT molecular complexity index is 292. The fourth-order valence-electron chi connectivity index (χ4n) is 4.06. The smallest absolute Gasteiger partial charge is 0.0603 e. The second-order valence-electron chi connectivity index (χ2n) is 7.68. The first-order valence-corrected chi connectivity index (χ1v) is 7.13. The molecule has 2 fully saturated rings. The van der Waals surface area contributed by atoms with Crippen LogP contribution in [0.15, 0.2) is 0 Å². The number of hydrogen-bond acceptors (Lipinski definition) is 2. The highest BCUT2D eigenvalue weighted by atomic mass is 16.3. The minimum atomic E-state index is -0.541. The van der Waals surface area contributed by atoms with Crippen molar-refractivity contribution < 1.29 is 5.11 Å². The molecule has 0 aromatic heterocycles. The second kappa shape index (κ2) is 3.96. The van der Waals surface area contributed by atoms with Crippen molar-refractivity contribution in [2.24, 2.45) is 16.7 Å². The average Bonchev–Trinajstić information content (AvgIpc) is 2.48. The van der Waals surface area contributed by atoms with Gasteiger partial charge in [-0.1, -0.05) is 20.8 Å². The largest absolute Gasteiger partial charge is 0.390 e. The van der Waals surface area contributed by atoms with Crippen molar-refractivity contribution in [2.45, 2.75) is 71.9 Å². The fourth-order valence-corrected chi connectivity index (χ4v) is 4.06. The molecule has 0 spiro atoms. The lowest BCUT2D eigenvalue weighted by atomic mass is 9.69. The van der Waals surface area contributed by atoms with E-state index < -0.39 is 5.60 Å². The summed E-state index contributed by atoms with van der Waals surface area (Å²) in [7, 11) is 0. The van der Waals surface area contributed by atoms with E-state index in [4.69, 9.17) is 0 Å². The maximum Gasteiger partial charge on any atom is 0.0603 e. The van der Waals surface area contributed by atoms with Crippen molar-refractivity contribution in [3.05, 3.63) is 0 Å². The van der Waals surface area contributed by atoms with E-state index in [9.17, 15) is 5.11 Å². The molecule has 0 heterocycles. The third-order valence-electron chi connectivity index (χ3n) is 5.92. The first-order valence-electron chi connectivity index (χ1n) is 7.13. The summed E-state index contributed by atoms with van der Waals surface area (Å²) in [6.45, 7) is 12.1. The number of aliphatic hydroxyl groups is 1. The van der Waals surface area contributed by atoms with E-state index >= 15 is 0 Å². The van der Waals surface area contributed by atoms with Crippen LogP contribution in [0.25, 0.3) is 0 Å². The molecule has 2 bridgehead atoms. The van der Waals surface area contributed by atoms with Crippen LogP contribution in [0.2, 0.25) is 0 Å². The summed E-state index contributed by atoms with van der Waals surface area (Å²) < 4.78 is 0. The molecule has 0 aromatic rings. The monoisotopic (exact) mass is 239 g/mol. The maximum absolute atomic E-state index is 9.75. The Labute approximate surface area is 106 Å². The first kappa shape index (κ1) is 13.4. The van der Waals surface area contributed by atoms with Gasteiger partial charge in [0.25, 0.3) is 0 Å². The van der Waals surface area contributed by atoms with Crippen LogP contribution >= 0.6 is 0 Å². The molecule has 2 aliphatic rings. The normalized spacial score (nSPS) is 39.9. The van der Waals surface area contributed by atoms with Gasteiger partial charge in [-0.15, -0.1) is 0 Å². The molecule has 0 aromatic carbocycles. The van der Waals surface area contributed by atoms with Crippen molar-refractivity contribution in [2.75, 3.05) is 6.54 Å². The van der Waals surface area contributed by atoms with Gasteiger partial charge >= 0.3 is 0 Å². The lowest BCUT2D eigenvalue weighted by molar-refractivity contribution is 0.0652. The van der Waals surface area contributed by atoms with Crippen LogP contribution in [0, 0.1) is 16.7 Å². The highest BCUT2D eigenvalue weighted by Gasteiger charge is 2.60. The zero-order valence-corrected chi connectivity index (χ0v) is 12.1. The molecule has 2 nitrogen and oxygen atoms in total. The van der Waals surface area contributed by atoms with Crippen LogP contribution in [0.4, 0.5) is 0 Å². The quantitative estimate of drug-likeness (QED) is 0.790. The molecule has 2 N–H and O–H groups in total. The molecule has 2 aliphatic carbocycles. The van der Waals surface area contributed by atoms with Crippen molar-refractivity contribution in [1.29, 1.82) is 0 Å². The minimum Gasteiger partial charge on any atom is -0.390 e. The second-order valence-corrected chi connectivity index (χ2v) is 7.68. The summed E-state index contributed by atoms with van der Waals surface area (Å²) in [5, 5.41) is 13.5. The molecular formula is C15H29NO. The number of hydrogen-bond donors (Lipinski definition) is 2. The van der Waals surface area contributed by atoms with E-state index in [1.165, 1.54) is 19.3 Å². The van der Waals surface area contributed by atoms with E-state index in [0.29, 0.717) is 16.9 Å². The van der Waals surface area contributed by atoms with Gasteiger partial charge in [0, 0.05) is 6.04 Å². The van der Waals surface area contributed by atoms with Crippen molar-refractivity contribution >= 4 is 0 Å². The number of rotatable bonds is 4. The van der Waals surface area contributed by atoms with Crippen molar-refractivity contribution in [1.82, 2.24) is 5.32 Å². The molecule has 0 amide bonds. The Morgan fingerprint density at radius 2 is 1.94 bits per heavy atom. The van der Waals surface area contributed by atoms with Crippen molar-refractivity contribution in [3.63, 3.8) is 0 Å². The van der Waals surface area contributed by atoms with Gasteiger partial charge in [0.1, 0.15) is 0 Å². The van der Waals surface area contributed by atoms with Gasteiger partial charge in [0.15, 0.2) is 0 Å². The summed E-state index contributed by atoms with van der Waals surface area (Å²) >= 11 is 0. The SMILES string of the molecule is CC(C)(O)CCN[C@@H]1C[C@H]2CC[C@]1(C)C2(C)C. The molecule has 100 valence electrons. The van der Waals surface area contributed by atoms with E-state index in [0.717, 1.165) is 18.9 Å². The Morgan fingerprint density at radius 1 is 1.29 bits per heavy atom. The van der Waals surface area contributed by atoms with Crippen LogP contribution in [0.1, 0.15) is 60.3 Å². The summed E-state index contributed by atoms with van der Waals surface area (Å²) in [5.74, 6) is 0.895. The molecule has 0 aliphatic heterocycles. The molecule has 2 heteroatoms. The highest BCUT2D eigenvalue weighted by Crippen LogP contribution is 2.65. The van der Waals surface area contributed by atoms with E-state index in [-0.39, 0.29) is 0 Å². The van der Waals surface area contributed by atoms with Gasteiger partial charge < -0.3 is 10.4 Å². The summed E-state index contributed by atoms with van der Waals surface area (Å²) in [6, 6.07) is 0.651. The molecule has 2 saturated carbocycles. The molecular weight excluding hydrogens is 210 g/mol. The maximum atomic E-state index is 9.75. The Balaban J connectivity index is 1.93. The molecule has 2 rings (SSSR count). The third-order valence-corrected chi connectivity index (χ3v) is 5.92. The number of fused-ring (bicyclic) bond motifs is 2. The van der Waals surface area contributed by atoms with Crippen LogP contribution in [-0.2, 0) is 0 Å². The van der Waals surface area contributed by atoms with Crippen LogP contribution < -0.4 is 5.32 Å².